The smallest absolute Gasteiger partial charge is 0.128 e. The topological polar surface area (TPSA) is 38.7 Å². The third-order valence-corrected chi connectivity index (χ3v) is 8.43. The van der Waals surface area contributed by atoms with Crippen LogP contribution in [0.2, 0.25) is 0 Å². The highest BCUT2D eigenvalue weighted by Crippen LogP contribution is 2.39. The Kier molecular flexibility index (Phi) is 6.73. The van der Waals surface area contributed by atoms with Gasteiger partial charge in [0.15, 0.2) is 0 Å². The Hall–Kier alpha value is -1.95. The molecule has 3 aliphatic rings. The first-order valence-corrected chi connectivity index (χ1v) is 12.8. The van der Waals surface area contributed by atoms with Crippen LogP contribution in [0.25, 0.3) is 0 Å². The van der Waals surface area contributed by atoms with E-state index in [1.165, 1.54) is 25.7 Å². The number of nitrogens with one attached hydrogen (secondary N) is 1. The Morgan fingerprint density at radius 2 is 1.73 bits per heavy atom. The van der Waals surface area contributed by atoms with Crippen LogP contribution >= 0.6 is 0 Å². The normalized spacial score (nSPS) is 25.8. The van der Waals surface area contributed by atoms with Crippen LogP contribution in [0.15, 0.2) is 42.5 Å². The minimum absolute atomic E-state index is 0.112. The van der Waals surface area contributed by atoms with Crippen molar-refractivity contribution in [3.8, 4) is 5.75 Å². The second-order valence-electron chi connectivity index (χ2n) is 10.5. The molecule has 5 heteroatoms. The maximum absolute atomic E-state index is 14.8. The van der Waals surface area contributed by atoms with Crippen molar-refractivity contribution >= 4 is 0 Å². The number of likely N-dealkylation sites (tertiary alicyclic amines) is 1. The van der Waals surface area contributed by atoms with Crippen LogP contribution in [0, 0.1) is 5.82 Å². The number of halogens is 1. The molecular formula is C28H38FN3O. The van der Waals surface area contributed by atoms with Crippen LogP contribution in [-0.4, -0.2) is 47.1 Å². The highest BCUT2D eigenvalue weighted by atomic mass is 19.1. The highest BCUT2D eigenvalue weighted by Gasteiger charge is 2.36. The van der Waals surface area contributed by atoms with E-state index in [4.69, 9.17) is 0 Å². The van der Waals surface area contributed by atoms with Crippen LogP contribution in [0.3, 0.4) is 0 Å². The lowest BCUT2D eigenvalue weighted by molar-refractivity contribution is 0.00622. The third-order valence-electron chi connectivity index (χ3n) is 8.43. The second-order valence-corrected chi connectivity index (χ2v) is 10.5. The molecule has 2 N–H and O–H groups in total. The quantitative estimate of drug-likeness (QED) is 0.637. The van der Waals surface area contributed by atoms with Gasteiger partial charge in [-0.05, 0) is 56.5 Å². The van der Waals surface area contributed by atoms with Crippen molar-refractivity contribution in [1.82, 2.24) is 15.1 Å². The Labute approximate surface area is 197 Å². The lowest BCUT2D eigenvalue weighted by Gasteiger charge is -2.48. The number of phenols is 1. The zero-order chi connectivity index (χ0) is 22.8. The van der Waals surface area contributed by atoms with Gasteiger partial charge in [0.05, 0.1) is 0 Å². The summed E-state index contributed by atoms with van der Waals surface area (Å²) in [5.41, 5.74) is 2.64. The Balaban J connectivity index is 1.30. The van der Waals surface area contributed by atoms with E-state index in [0.29, 0.717) is 24.4 Å². The van der Waals surface area contributed by atoms with Crippen LogP contribution in [0.1, 0.15) is 68.1 Å². The Morgan fingerprint density at radius 1 is 1.00 bits per heavy atom. The van der Waals surface area contributed by atoms with Crippen molar-refractivity contribution in [3.05, 3.63) is 65.0 Å². The molecule has 3 fully saturated rings. The summed E-state index contributed by atoms with van der Waals surface area (Å²) >= 11 is 0. The molecule has 1 saturated carbocycles. The molecule has 5 rings (SSSR count). The highest BCUT2D eigenvalue weighted by molar-refractivity contribution is 5.37. The molecule has 2 bridgehead atoms. The SMILES string of the molecule is CN1C2CCCC1CN(Cc1cc(CNC3(c4ccccc4F)CCCCC3)ccc1O)C2. The predicted molar refractivity (Wildman–Crippen MR) is 131 cm³/mol. The summed E-state index contributed by atoms with van der Waals surface area (Å²) in [6, 6.07) is 14.5. The molecule has 4 nitrogen and oxygen atoms in total. The molecule has 2 saturated heterocycles. The van der Waals surface area contributed by atoms with E-state index >= 15 is 0 Å². The number of phenolic OH excluding ortho intramolecular Hbond substituents is 1. The van der Waals surface area contributed by atoms with Crippen LogP contribution in [0.4, 0.5) is 4.39 Å². The fourth-order valence-corrected chi connectivity index (χ4v) is 6.47. The number of piperidine rings is 1. The van der Waals surface area contributed by atoms with Crippen molar-refractivity contribution in [2.45, 2.75) is 82.1 Å². The van der Waals surface area contributed by atoms with Gasteiger partial charge in [-0.3, -0.25) is 9.80 Å². The molecule has 178 valence electrons. The molecule has 2 atom stereocenters. The van der Waals surface area contributed by atoms with Gasteiger partial charge >= 0.3 is 0 Å². The number of hydrogen-bond donors (Lipinski definition) is 2. The first kappa shape index (κ1) is 22.8. The maximum Gasteiger partial charge on any atom is 0.128 e. The minimum Gasteiger partial charge on any atom is -0.508 e. The van der Waals surface area contributed by atoms with E-state index in [2.05, 4.69) is 28.2 Å². The van der Waals surface area contributed by atoms with Gasteiger partial charge in [-0.2, -0.15) is 0 Å². The first-order chi connectivity index (χ1) is 16.0. The van der Waals surface area contributed by atoms with Gasteiger partial charge in [-0.1, -0.05) is 49.9 Å². The zero-order valence-electron chi connectivity index (χ0n) is 19.9. The van der Waals surface area contributed by atoms with E-state index in [1.807, 2.05) is 24.3 Å². The molecule has 0 amide bonds. The van der Waals surface area contributed by atoms with E-state index in [0.717, 1.165) is 62.0 Å². The molecule has 1 aliphatic carbocycles. The molecule has 2 aromatic rings. The summed E-state index contributed by atoms with van der Waals surface area (Å²) < 4.78 is 14.8. The summed E-state index contributed by atoms with van der Waals surface area (Å²) in [5, 5.41) is 14.4. The van der Waals surface area contributed by atoms with Crippen molar-refractivity contribution in [2.75, 3.05) is 20.1 Å². The summed E-state index contributed by atoms with van der Waals surface area (Å²) in [5.74, 6) is 0.267. The van der Waals surface area contributed by atoms with Crippen molar-refractivity contribution in [2.24, 2.45) is 0 Å². The van der Waals surface area contributed by atoms with E-state index in [-0.39, 0.29) is 11.4 Å². The Morgan fingerprint density at radius 3 is 2.45 bits per heavy atom. The number of benzene rings is 2. The fraction of sp³-hybridized carbons (Fsp3) is 0.571. The molecule has 0 spiro atoms. The standard InChI is InChI=1S/C28H38FN3O/c1-31-23-8-7-9-24(31)20-32(19-23)18-22-16-21(12-13-27(22)33)17-30-28(14-5-2-6-15-28)25-10-3-4-11-26(25)29/h3-4,10-13,16,23-24,30,33H,2,5-9,14-15,17-20H2,1H3. The van der Waals surface area contributed by atoms with Gasteiger partial charge in [0.2, 0.25) is 0 Å². The largest absolute Gasteiger partial charge is 0.508 e. The van der Waals surface area contributed by atoms with Crippen LogP contribution < -0.4 is 5.32 Å². The van der Waals surface area contributed by atoms with Gasteiger partial charge < -0.3 is 10.4 Å². The van der Waals surface area contributed by atoms with Crippen LogP contribution in [0.5, 0.6) is 5.75 Å². The maximum atomic E-state index is 14.8. The van der Waals surface area contributed by atoms with Crippen molar-refractivity contribution in [3.63, 3.8) is 0 Å². The Bertz CT molecular complexity index is 944. The monoisotopic (exact) mass is 451 g/mol. The molecule has 0 radical (unpaired) electrons. The molecule has 2 unspecified atom stereocenters. The average Bonchev–Trinajstić information content (AvgIpc) is 2.81. The number of hydrogen-bond acceptors (Lipinski definition) is 4. The third kappa shape index (κ3) is 4.82. The van der Waals surface area contributed by atoms with Gasteiger partial charge in [-0.25, -0.2) is 4.39 Å². The average molecular weight is 452 g/mol. The van der Waals surface area contributed by atoms with Gasteiger partial charge in [0.1, 0.15) is 11.6 Å². The van der Waals surface area contributed by atoms with E-state index in [1.54, 1.807) is 12.1 Å². The lowest BCUT2D eigenvalue weighted by Crippen LogP contribution is -2.58. The fourth-order valence-electron chi connectivity index (χ4n) is 6.47. The molecule has 33 heavy (non-hydrogen) atoms. The van der Waals surface area contributed by atoms with Crippen molar-refractivity contribution in [1.29, 1.82) is 0 Å². The number of likely N-dealkylation sites (N-methyl/N-ethyl adjacent to an activating group) is 1. The van der Waals surface area contributed by atoms with E-state index < -0.39 is 0 Å². The number of nitrogens with zero attached hydrogens (tertiary/aromatic N) is 2. The summed E-state index contributed by atoms with van der Waals surface area (Å²) in [6.45, 7) is 3.62. The van der Waals surface area contributed by atoms with E-state index in [9.17, 15) is 9.50 Å². The van der Waals surface area contributed by atoms with Gasteiger partial charge in [0.25, 0.3) is 0 Å². The number of fused-ring (bicyclic) bond motifs is 2. The number of piperazine rings is 1. The molecule has 2 aromatic carbocycles. The first-order valence-electron chi connectivity index (χ1n) is 12.8. The number of rotatable bonds is 6. The zero-order valence-corrected chi connectivity index (χ0v) is 19.9. The lowest BCUT2D eigenvalue weighted by atomic mass is 9.76. The molecular weight excluding hydrogens is 413 g/mol. The molecule has 2 heterocycles. The summed E-state index contributed by atoms with van der Waals surface area (Å²) in [7, 11) is 2.27. The summed E-state index contributed by atoms with van der Waals surface area (Å²) in [4.78, 5) is 5.08. The predicted octanol–water partition coefficient (Wildman–Crippen LogP) is 5.15. The number of aromatic hydroxyl groups is 1. The molecule has 2 aliphatic heterocycles. The van der Waals surface area contributed by atoms with Crippen molar-refractivity contribution < 1.29 is 9.50 Å². The second kappa shape index (κ2) is 9.73. The molecule has 0 aromatic heterocycles. The minimum atomic E-state index is -0.309. The summed E-state index contributed by atoms with van der Waals surface area (Å²) in [6.07, 6.45) is 9.26. The van der Waals surface area contributed by atoms with Gasteiger partial charge in [0, 0.05) is 54.9 Å². The van der Waals surface area contributed by atoms with Crippen LogP contribution in [-0.2, 0) is 18.6 Å². The van der Waals surface area contributed by atoms with Gasteiger partial charge in [-0.15, -0.1) is 0 Å².